The SMILES string of the molecule is CCN1CCCCC1Cc1ncc(CCC(=O)O)o1. The van der Waals surface area contributed by atoms with Gasteiger partial charge < -0.3 is 14.4 Å². The van der Waals surface area contributed by atoms with E-state index in [4.69, 9.17) is 9.52 Å². The van der Waals surface area contributed by atoms with E-state index < -0.39 is 5.97 Å². The molecule has 0 spiro atoms. The first-order valence-electron chi connectivity index (χ1n) is 7.08. The van der Waals surface area contributed by atoms with Crippen LogP contribution in [0.25, 0.3) is 0 Å². The molecule has 0 aliphatic carbocycles. The van der Waals surface area contributed by atoms with Gasteiger partial charge in [-0.2, -0.15) is 0 Å². The molecule has 1 N–H and O–H groups in total. The van der Waals surface area contributed by atoms with Crippen LogP contribution in [0, 0.1) is 0 Å². The lowest BCUT2D eigenvalue weighted by atomic mass is 9.99. The van der Waals surface area contributed by atoms with Gasteiger partial charge in [-0.05, 0) is 25.9 Å². The maximum absolute atomic E-state index is 10.5. The molecule has 1 aliphatic heterocycles. The zero-order valence-electron chi connectivity index (χ0n) is 11.5. The lowest BCUT2D eigenvalue weighted by Gasteiger charge is -2.34. The number of rotatable bonds is 6. The van der Waals surface area contributed by atoms with Crippen LogP contribution in [0.2, 0.25) is 0 Å². The number of hydrogen-bond acceptors (Lipinski definition) is 4. The first-order chi connectivity index (χ1) is 9.19. The highest BCUT2D eigenvalue weighted by Crippen LogP contribution is 2.20. The summed E-state index contributed by atoms with van der Waals surface area (Å²) in [6.45, 7) is 4.41. The van der Waals surface area contributed by atoms with Crippen molar-refractivity contribution >= 4 is 5.97 Å². The summed E-state index contributed by atoms with van der Waals surface area (Å²) in [7, 11) is 0. The second-order valence-electron chi connectivity index (χ2n) is 5.10. The normalized spacial score (nSPS) is 20.6. The molecule has 0 aromatic carbocycles. The lowest BCUT2D eigenvalue weighted by molar-refractivity contribution is -0.137. The van der Waals surface area contributed by atoms with Crippen LogP contribution in [0.5, 0.6) is 0 Å². The molecule has 19 heavy (non-hydrogen) atoms. The smallest absolute Gasteiger partial charge is 0.303 e. The van der Waals surface area contributed by atoms with Crippen LogP contribution >= 0.6 is 0 Å². The number of hydrogen-bond donors (Lipinski definition) is 1. The van der Waals surface area contributed by atoms with Crippen LogP contribution in [0.15, 0.2) is 10.6 Å². The van der Waals surface area contributed by atoms with E-state index in [1.165, 1.54) is 19.3 Å². The monoisotopic (exact) mass is 266 g/mol. The van der Waals surface area contributed by atoms with E-state index in [-0.39, 0.29) is 6.42 Å². The Labute approximate surface area is 113 Å². The second-order valence-corrected chi connectivity index (χ2v) is 5.10. The van der Waals surface area contributed by atoms with Crippen LogP contribution < -0.4 is 0 Å². The first kappa shape index (κ1) is 14.1. The van der Waals surface area contributed by atoms with Gasteiger partial charge in [0, 0.05) is 18.9 Å². The summed E-state index contributed by atoms with van der Waals surface area (Å²) in [6, 6.07) is 0.518. The minimum atomic E-state index is -0.803. The number of carboxylic acid groups (broad SMARTS) is 1. The largest absolute Gasteiger partial charge is 0.481 e. The average Bonchev–Trinajstić information content (AvgIpc) is 2.85. The van der Waals surface area contributed by atoms with Crippen LogP contribution in [0.3, 0.4) is 0 Å². The van der Waals surface area contributed by atoms with E-state index in [0.29, 0.717) is 18.2 Å². The molecule has 5 heteroatoms. The molecule has 1 aliphatic rings. The molecule has 5 nitrogen and oxygen atoms in total. The molecule has 106 valence electrons. The molecule has 1 aromatic rings. The molecule has 0 bridgehead atoms. The number of likely N-dealkylation sites (N-methyl/N-ethyl adjacent to an activating group) is 1. The average molecular weight is 266 g/mol. The van der Waals surface area contributed by atoms with Crippen molar-refractivity contribution in [3.63, 3.8) is 0 Å². The van der Waals surface area contributed by atoms with Gasteiger partial charge in [-0.3, -0.25) is 4.79 Å². The van der Waals surface area contributed by atoms with Gasteiger partial charge in [0.1, 0.15) is 5.76 Å². The Bertz CT molecular complexity index is 417. The van der Waals surface area contributed by atoms with E-state index in [0.717, 1.165) is 25.4 Å². The van der Waals surface area contributed by atoms with Gasteiger partial charge in [0.05, 0.1) is 12.6 Å². The number of nitrogens with zero attached hydrogens (tertiary/aromatic N) is 2. The molecule has 0 radical (unpaired) electrons. The van der Waals surface area contributed by atoms with Gasteiger partial charge >= 0.3 is 5.97 Å². The van der Waals surface area contributed by atoms with Gasteiger partial charge in [0.15, 0.2) is 5.89 Å². The fourth-order valence-electron chi connectivity index (χ4n) is 2.70. The number of aromatic nitrogens is 1. The summed E-state index contributed by atoms with van der Waals surface area (Å²) in [4.78, 5) is 17.3. The molecule has 1 fully saturated rings. The van der Waals surface area contributed by atoms with Gasteiger partial charge in [0.2, 0.25) is 0 Å². The Balaban J connectivity index is 1.89. The molecule has 1 aromatic heterocycles. The Morgan fingerprint density at radius 1 is 1.58 bits per heavy atom. The summed E-state index contributed by atoms with van der Waals surface area (Å²) >= 11 is 0. The quantitative estimate of drug-likeness (QED) is 0.854. The van der Waals surface area contributed by atoms with E-state index in [1.807, 2.05) is 0 Å². The third kappa shape index (κ3) is 4.06. The number of aliphatic carboxylic acids is 1. The Hall–Kier alpha value is -1.36. The highest BCUT2D eigenvalue weighted by atomic mass is 16.4. The van der Waals surface area contributed by atoms with Crippen molar-refractivity contribution in [2.45, 2.75) is 51.5 Å². The highest BCUT2D eigenvalue weighted by Gasteiger charge is 2.22. The predicted octanol–water partition coefficient (Wildman–Crippen LogP) is 2.11. The number of piperidine rings is 1. The van der Waals surface area contributed by atoms with Crippen molar-refractivity contribution in [3.05, 3.63) is 17.8 Å². The third-order valence-electron chi connectivity index (χ3n) is 3.75. The number of carboxylic acids is 1. The summed E-state index contributed by atoms with van der Waals surface area (Å²) in [6.07, 6.45) is 6.76. The molecule has 1 unspecified atom stereocenters. The maximum Gasteiger partial charge on any atom is 0.303 e. The second kappa shape index (κ2) is 6.70. The summed E-state index contributed by atoms with van der Waals surface area (Å²) in [5.74, 6) is 0.615. The van der Waals surface area contributed by atoms with E-state index in [9.17, 15) is 4.79 Å². The van der Waals surface area contributed by atoms with E-state index >= 15 is 0 Å². The number of likely N-dealkylation sites (tertiary alicyclic amines) is 1. The number of carbonyl (C=O) groups is 1. The van der Waals surface area contributed by atoms with Crippen LogP contribution in [0.1, 0.15) is 44.3 Å². The zero-order chi connectivity index (χ0) is 13.7. The van der Waals surface area contributed by atoms with Crippen LogP contribution in [0.4, 0.5) is 0 Å². The van der Waals surface area contributed by atoms with Crippen molar-refractivity contribution < 1.29 is 14.3 Å². The van der Waals surface area contributed by atoms with Gasteiger partial charge in [-0.25, -0.2) is 4.98 Å². The lowest BCUT2D eigenvalue weighted by Crippen LogP contribution is -2.40. The maximum atomic E-state index is 10.5. The van der Waals surface area contributed by atoms with Crippen molar-refractivity contribution in [1.82, 2.24) is 9.88 Å². The van der Waals surface area contributed by atoms with E-state index in [2.05, 4.69) is 16.8 Å². The van der Waals surface area contributed by atoms with Gasteiger partial charge in [-0.15, -0.1) is 0 Å². The zero-order valence-corrected chi connectivity index (χ0v) is 11.5. The molecule has 2 heterocycles. The molecular formula is C14H22N2O3. The minimum Gasteiger partial charge on any atom is -0.481 e. The Morgan fingerprint density at radius 2 is 2.42 bits per heavy atom. The standard InChI is InChI=1S/C14H22N2O3/c1-2-16-8-4-3-5-11(16)9-13-15-10-12(19-13)6-7-14(17)18/h10-11H,2-9H2,1H3,(H,17,18). The molecule has 0 saturated carbocycles. The number of oxazole rings is 1. The fourth-order valence-corrected chi connectivity index (χ4v) is 2.70. The molecule has 1 atom stereocenters. The predicted molar refractivity (Wildman–Crippen MR) is 71.0 cm³/mol. The topological polar surface area (TPSA) is 66.6 Å². The van der Waals surface area contributed by atoms with Crippen LogP contribution in [-0.4, -0.2) is 40.1 Å². The molecule has 1 saturated heterocycles. The molecular weight excluding hydrogens is 244 g/mol. The molecule has 2 rings (SSSR count). The fraction of sp³-hybridized carbons (Fsp3) is 0.714. The van der Waals surface area contributed by atoms with Crippen molar-refractivity contribution in [2.75, 3.05) is 13.1 Å². The number of aryl methyl sites for hydroxylation is 1. The minimum absolute atomic E-state index is 0.0964. The van der Waals surface area contributed by atoms with E-state index in [1.54, 1.807) is 6.20 Å². The third-order valence-corrected chi connectivity index (χ3v) is 3.75. The van der Waals surface area contributed by atoms with Crippen molar-refractivity contribution in [2.24, 2.45) is 0 Å². The summed E-state index contributed by atoms with van der Waals surface area (Å²) < 4.78 is 5.63. The summed E-state index contributed by atoms with van der Waals surface area (Å²) in [5, 5.41) is 8.64. The first-order valence-corrected chi connectivity index (χ1v) is 7.08. The Morgan fingerprint density at radius 3 is 3.16 bits per heavy atom. The highest BCUT2D eigenvalue weighted by molar-refractivity contribution is 5.66. The van der Waals surface area contributed by atoms with Gasteiger partial charge in [0.25, 0.3) is 0 Å². The Kier molecular flexibility index (Phi) is 4.96. The van der Waals surface area contributed by atoms with Crippen LogP contribution in [-0.2, 0) is 17.6 Å². The summed E-state index contributed by atoms with van der Waals surface area (Å²) in [5.41, 5.74) is 0. The van der Waals surface area contributed by atoms with Crippen molar-refractivity contribution in [3.8, 4) is 0 Å². The molecule has 0 amide bonds. The van der Waals surface area contributed by atoms with Crippen molar-refractivity contribution in [1.29, 1.82) is 0 Å². The van der Waals surface area contributed by atoms with Gasteiger partial charge in [-0.1, -0.05) is 13.3 Å².